The van der Waals surface area contributed by atoms with Gasteiger partial charge in [0.25, 0.3) is 0 Å². The minimum atomic E-state index is -1.08. The van der Waals surface area contributed by atoms with E-state index in [4.69, 9.17) is 4.74 Å². The first-order valence-electron chi connectivity index (χ1n) is 6.72. The number of rotatable bonds is 6. The van der Waals surface area contributed by atoms with Gasteiger partial charge in [-0.05, 0) is 43.7 Å². The van der Waals surface area contributed by atoms with Gasteiger partial charge in [0.05, 0.1) is 6.61 Å². The molecule has 5 heteroatoms. The quantitative estimate of drug-likeness (QED) is 0.829. The summed E-state index contributed by atoms with van der Waals surface area (Å²) in [5.74, 6) is -0.510. The highest BCUT2D eigenvalue weighted by Gasteiger charge is 2.15. The molecule has 1 aromatic carbocycles. The highest BCUT2D eigenvalue weighted by Crippen LogP contribution is 2.20. The first-order chi connectivity index (χ1) is 10.0. The van der Waals surface area contributed by atoms with Gasteiger partial charge in [0.15, 0.2) is 5.78 Å². The van der Waals surface area contributed by atoms with Crippen LogP contribution in [0.3, 0.4) is 0 Å². The van der Waals surface area contributed by atoms with E-state index in [-0.39, 0.29) is 11.5 Å². The van der Waals surface area contributed by atoms with Gasteiger partial charge in [-0.3, -0.25) is 4.79 Å². The fourth-order valence-electron chi connectivity index (χ4n) is 1.96. The molecule has 2 aromatic rings. The first-order valence-corrected chi connectivity index (χ1v) is 6.72. The van der Waals surface area contributed by atoms with Crippen molar-refractivity contribution in [1.29, 1.82) is 0 Å². The Labute approximate surface area is 122 Å². The van der Waals surface area contributed by atoms with Crippen molar-refractivity contribution in [3.8, 4) is 11.4 Å². The lowest BCUT2D eigenvalue weighted by Crippen LogP contribution is -2.05. The molecule has 21 heavy (non-hydrogen) atoms. The van der Waals surface area contributed by atoms with Gasteiger partial charge in [-0.1, -0.05) is 6.92 Å². The number of carbonyl (C=O) groups excluding carboxylic acids is 1. The number of carbonyl (C=O) groups is 2. The van der Waals surface area contributed by atoms with E-state index < -0.39 is 5.97 Å². The SMILES string of the molecule is CCCOc1ccc(-n2cc(C(C)=O)cc2C(=O)O)cc1. The molecular weight excluding hydrogens is 270 g/mol. The molecule has 1 heterocycles. The summed E-state index contributed by atoms with van der Waals surface area (Å²) in [5.41, 5.74) is 1.10. The number of ether oxygens (including phenoxy) is 1. The molecule has 0 aliphatic heterocycles. The minimum absolute atomic E-state index is 0.0578. The van der Waals surface area contributed by atoms with E-state index in [2.05, 4.69) is 0 Å². The van der Waals surface area contributed by atoms with Crippen molar-refractivity contribution >= 4 is 11.8 Å². The molecular formula is C16H17NO4. The zero-order valence-corrected chi connectivity index (χ0v) is 12.0. The van der Waals surface area contributed by atoms with Crippen LogP contribution in [0.4, 0.5) is 0 Å². The third-order valence-electron chi connectivity index (χ3n) is 3.03. The Morgan fingerprint density at radius 2 is 1.90 bits per heavy atom. The van der Waals surface area contributed by atoms with E-state index in [1.165, 1.54) is 23.8 Å². The summed E-state index contributed by atoms with van der Waals surface area (Å²) in [6, 6.07) is 8.48. The van der Waals surface area contributed by atoms with Crippen LogP contribution in [-0.4, -0.2) is 28.0 Å². The van der Waals surface area contributed by atoms with E-state index in [0.29, 0.717) is 17.9 Å². The van der Waals surface area contributed by atoms with Crippen LogP contribution >= 0.6 is 0 Å². The van der Waals surface area contributed by atoms with Gasteiger partial charge in [0, 0.05) is 17.4 Å². The molecule has 0 radical (unpaired) electrons. The Kier molecular flexibility index (Phi) is 4.42. The molecule has 0 aliphatic carbocycles. The molecule has 0 saturated carbocycles. The van der Waals surface area contributed by atoms with Gasteiger partial charge in [-0.2, -0.15) is 0 Å². The lowest BCUT2D eigenvalue weighted by atomic mass is 10.2. The monoisotopic (exact) mass is 287 g/mol. The van der Waals surface area contributed by atoms with E-state index in [0.717, 1.165) is 12.2 Å². The Morgan fingerprint density at radius 1 is 1.24 bits per heavy atom. The van der Waals surface area contributed by atoms with Gasteiger partial charge in [0.1, 0.15) is 11.4 Å². The van der Waals surface area contributed by atoms with Crippen LogP contribution < -0.4 is 4.74 Å². The highest BCUT2D eigenvalue weighted by atomic mass is 16.5. The molecule has 0 amide bonds. The van der Waals surface area contributed by atoms with Crippen molar-refractivity contribution in [3.05, 3.63) is 47.8 Å². The van der Waals surface area contributed by atoms with Crippen LogP contribution in [0.5, 0.6) is 5.75 Å². The third kappa shape index (κ3) is 3.31. The maximum absolute atomic E-state index is 11.4. The van der Waals surface area contributed by atoms with E-state index in [9.17, 15) is 14.7 Å². The topological polar surface area (TPSA) is 68.5 Å². The molecule has 5 nitrogen and oxygen atoms in total. The van der Waals surface area contributed by atoms with Crippen LogP contribution in [0.15, 0.2) is 36.5 Å². The van der Waals surface area contributed by atoms with Gasteiger partial charge < -0.3 is 14.4 Å². The molecule has 0 aliphatic rings. The number of hydrogen-bond donors (Lipinski definition) is 1. The number of ketones is 1. The number of carboxylic acid groups (broad SMARTS) is 1. The second-order valence-corrected chi connectivity index (χ2v) is 4.69. The predicted octanol–water partition coefficient (Wildman–Crippen LogP) is 3.17. The van der Waals surface area contributed by atoms with Crippen LogP contribution in [0, 0.1) is 0 Å². The number of aromatic nitrogens is 1. The molecule has 0 unspecified atom stereocenters. The zero-order chi connectivity index (χ0) is 15.4. The van der Waals surface area contributed by atoms with Crippen molar-refractivity contribution in [1.82, 2.24) is 4.57 Å². The van der Waals surface area contributed by atoms with Crippen molar-refractivity contribution in [2.24, 2.45) is 0 Å². The third-order valence-corrected chi connectivity index (χ3v) is 3.03. The molecule has 0 spiro atoms. The summed E-state index contributed by atoms with van der Waals surface area (Å²) in [4.78, 5) is 22.7. The number of Topliss-reactive ketones (excluding diaryl/α,β-unsaturated/α-hetero) is 1. The molecule has 0 bridgehead atoms. The molecule has 0 atom stereocenters. The Balaban J connectivity index is 2.36. The van der Waals surface area contributed by atoms with E-state index >= 15 is 0 Å². The zero-order valence-electron chi connectivity index (χ0n) is 12.0. The van der Waals surface area contributed by atoms with Crippen molar-refractivity contribution in [3.63, 3.8) is 0 Å². The maximum atomic E-state index is 11.4. The van der Waals surface area contributed by atoms with Crippen LogP contribution in [0.2, 0.25) is 0 Å². The Bertz CT molecular complexity index is 655. The second kappa shape index (κ2) is 6.26. The van der Waals surface area contributed by atoms with Gasteiger partial charge in [-0.15, -0.1) is 0 Å². The summed E-state index contributed by atoms with van der Waals surface area (Å²) in [5, 5.41) is 9.24. The number of benzene rings is 1. The lowest BCUT2D eigenvalue weighted by molar-refractivity contribution is 0.0688. The summed E-state index contributed by atoms with van der Waals surface area (Å²) < 4.78 is 6.98. The summed E-state index contributed by atoms with van der Waals surface area (Å²) >= 11 is 0. The van der Waals surface area contributed by atoms with Crippen molar-refractivity contribution in [2.75, 3.05) is 6.61 Å². The molecule has 0 saturated heterocycles. The smallest absolute Gasteiger partial charge is 0.352 e. The highest BCUT2D eigenvalue weighted by molar-refractivity contribution is 5.97. The van der Waals surface area contributed by atoms with Gasteiger partial charge in [-0.25, -0.2) is 4.79 Å². The van der Waals surface area contributed by atoms with E-state index in [1.54, 1.807) is 24.3 Å². The summed E-state index contributed by atoms with van der Waals surface area (Å²) in [6.07, 6.45) is 2.46. The normalized spacial score (nSPS) is 10.4. The maximum Gasteiger partial charge on any atom is 0.352 e. The second-order valence-electron chi connectivity index (χ2n) is 4.69. The standard InChI is InChI=1S/C16H17NO4/c1-3-8-21-14-6-4-13(5-7-14)17-10-12(11(2)18)9-15(17)16(19)20/h4-7,9-10H,3,8H2,1-2H3,(H,19,20). The molecule has 1 N–H and O–H groups in total. The fraction of sp³-hybridized carbons (Fsp3) is 0.250. The summed E-state index contributed by atoms with van der Waals surface area (Å²) in [7, 11) is 0. The average Bonchev–Trinajstić information content (AvgIpc) is 2.91. The Hall–Kier alpha value is -2.56. The van der Waals surface area contributed by atoms with Crippen LogP contribution in [-0.2, 0) is 0 Å². The molecule has 0 fully saturated rings. The first kappa shape index (κ1) is 14.8. The Morgan fingerprint density at radius 3 is 2.43 bits per heavy atom. The van der Waals surface area contributed by atoms with Crippen LogP contribution in [0.1, 0.15) is 41.1 Å². The average molecular weight is 287 g/mol. The molecule has 110 valence electrons. The fourth-order valence-corrected chi connectivity index (χ4v) is 1.96. The van der Waals surface area contributed by atoms with Crippen molar-refractivity contribution < 1.29 is 19.4 Å². The summed E-state index contributed by atoms with van der Waals surface area (Å²) in [6.45, 7) is 4.07. The minimum Gasteiger partial charge on any atom is -0.494 e. The number of hydrogen-bond acceptors (Lipinski definition) is 3. The molecule has 2 rings (SSSR count). The number of nitrogens with zero attached hydrogens (tertiary/aromatic N) is 1. The van der Waals surface area contributed by atoms with Crippen LogP contribution in [0.25, 0.3) is 5.69 Å². The largest absolute Gasteiger partial charge is 0.494 e. The number of aromatic carboxylic acids is 1. The lowest BCUT2D eigenvalue weighted by Gasteiger charge is -2.08. The molecule has 1 aromatic heterocycles. The van der Waals surface area contributed by atoms with Gasteiger partial charge in [0.2, 0.25) is 0 Å². The van der Waals surface area contributed by atoms with E-state index in [1.807, 2.05) is 6.92 Å². The number of carboxylic acids is 1. The van der Waals surface area contributed by atoms with Gasteiger partial charge >= 0.3 is 5.97 Å². The van der Waals surface area contributed by atoms with Crippen molar-refractivity contribution in [2.45, 2.75) is 20.3 Å². The predicted molar refractivity (Wildman–Crippen MR) is 78.5 cm³/mol.